The number of nitrogens with zero attached hydrogens (tertiary/aromatic N) is 3. The molecule has 3 rings (SSSR count). The summed E-state index contributed by atoms with van der Waals surface area (Å²) in [4.78, 5) is 0. The zero-order chi connectivity index (χ0) is 17.1. The van der Waals surface area contributed by atoms with Crippen LogP contribution in [0.15, 0.2) is 47.6 Å². The van der Waals surface area contributed by atoms with Crippen LogP contribution in [0.3, 0.4) is 0 Å². The molecule has 0 bridgehead atoms. The number of benzene rings is 2. The summed E-state index contributed by atoms with van der Waals surface area (Å²) >= 11 is 17.4. The lowest BCUT2D eigenvalue weighted by atomic mass is 10.1. The van der Waals surface area contributed by atoms with Crippen LogP contribution in [0.5, 0.6) is 0 Å². The SMILES string of the molecule is Fc1ccc(Cc2n[nH]c(=S)n2/N=C\c2c(Cl)cccc2Cl)cc1. The number of aromatic nitrogens is 3. The monoisotopic (exact) mass is 380 g/mol. The molecule has 0 spiro atoms. The molecule has 0 aliphatic rings. The smallest absolute Gasteiger partial charge is 0.216 e. The third-order valence-corrected chi connectivity index (χ3v) is 4.22. The van der Waals surface area contributed by atoms with Gasteiger partial charge in [-0.15, -0.1) is 0 Å². The second-order valence-electron chi connectivity index (χ2n) is 4.94. The number of hydrogen-bond donors (Lipinski definition) is 1. The van der Waals surface area contributed by atoms with Crippen molar-refractivity contribution in [1.29, 1.82) is 0 Å². The summed E-state index contributed by atoms with van der Waals surface area (Å²) < 4.78 is 14.8. The average Bonchev–Trinajstić information content (AvgIpc) is 2.89. The second-order valence-corrected chi connectivity index (χ2v) is 6.14. The predicted molar refractivity (Wildman–Crippen MR) is 96.1 cm³/mol. The summed E-state index contributed by atoms with van der Waals surface area (Å²) in [5.74, 6) is 0.301. The molecule has 0 amide bonds. The molecule has 1 heterocycles. The van der Waals surface area contributed by atoms with Gasteiger partial charge in [-0.3, -0.25) is 5.10 Å². The number of H-pyrrole nitrogens is 1. The third kappa shape index (κ3) is 3.72. The fourth-order valence-electron chi connectivity index (χ4n) is 2.09. The summed E-state index contributed by atoms with van der Waals surface area (Å²) in [6, 6.07) is 11.4. The molecular formula is C16H11Cl2FN4S. The molecule has 0 unspecified atom stereocenters. The Bertz CT molecular complexity index is 927. The Morgan fingerprint density at radius 1 is 1.17 bits per heavy atom. The van der Waals surface area contributed by atoms with Gasteiger partial charge in [0.1, 0.15) is 5.82 Å². The van der Waals surface area contributed by atoms with Crippen molar-refractivity contribution in [2.45, 2.75) is 6.42 Å². The van der Waals surface area contributed by atoms with E-state index in [0.717, 1.165) is 5.56 Å². The molecule has 0 saturated carbocycles. The van der Waals surface area contributed by atoms with Crippen molar-refractivity contribution in [2.24, 2.45) is 5.10 Å². The molecule has 1 N–H and O–H groups in total. The van der Waals surface area contributed by atoms with Crippen LogP contribution in [0.2, 0.25) is 10.0 Å². The maximum absolute atomic E-state index is 13.0. The highest BCUT2D eigenvalue weighted by Crippen LogP contribution is 2.22. The maximum Gasteiger partial charge on any atom is 0.216 e. The Morgan fingerprint density at radius 3 is 2.50 bits per heavy atom. The highest BCUT2D eigenvalue weighted by molar-refractivity contribution is 7.71. The molecule has 3 aromatic rings. The van der Waals surface area contributed by atoms with E-state index in [0.29, 0.717) is 32.6 Å². The summed E-state index contributed by atoms with van der Waals surface area (Å²) in [7, 11) is 0. The first-order valence-corrected chi connectivity index (χ1v) is 8.10. The molecular weight excluding hydrogens is 370 g/mol. The van der Waals surface area contributed by atoms with Crippen molar-refractivity contribution in [2.75, 3.05) is 0 Å². The van der Waals surface area contributed by atoms with Crippen LogP contribution in [-0.4, -0.2) is 21.1 Å². The van der Waals surface area contributed by atoms with Gasteiger partial charge in [-0.2, -0.15) is 14.9 Å². The molecule has 0 radical (unpaired) electrons. The van der Waals surface area contributed by atoms with E-state index in [2.05, 4.69) is 15.3 Å². The minimum atomic E-state index is -0.288. The first kappa shape index (κ1) is 16.8. The number of rotatable bonds is 4. The molecule has 2 aromatic carbocycles. The van der Waals surface area contributed by atoms with Crippen molar-refractivity contribution in [3.05, 3.63) is 80.0 Å². The summed E-state index contributed by atoms with van der Waals surface area (Å²) in [6.07, 6.45) is 1.98. The van der Waals surface area contributed by atoms with E-state index in [1.54, 1.807) is 30.3 Å². The number of nitrogens with one attached hydrogen (secondary N) is 1. The van der Waals surface area contributed by atoms with Gasteiger partial charge >= 0.3 is 0 Å². The van der Waals surface area contributed by atoms with Crippen molar-refractivity contribution >= 4 is 41.6 Å². The van der Waals surface area contributed by atoms with Crippen LogP contribution in [-0.2, 0) is 6.42 Å². The Kier molecular flexibility index (Phi) is 5.08. The van der Waals surface area contributed by atoms with E-state index in [1.165, 1.54) is 23.0 Å². The molecule has 1 aromatic heterocycles. The largest absolute Gasteiger partial charge is 0.250 e. The van der Waals surface area contributed by atoms with Gasteiger partial charge in [-0.25, -0.2) is 4.39 Å². The molecule has 0 atom stereocenters. The quantitative estimate of drug-likeness (QED) is 0.518. The lowest BCUT2D eigenvalue weighted by molar-refractivity contribution is 0.627. The lowest BCUT2D eigenvalue weighted by Crippen LogP contribution is -2.01. The van der Waals surface area contributed by atoms with Gasteiger partial charge in [0.25, 0.3) is 0 Å². The zero-order valence-electron chi connectivity index (χ0n) is 12.2. The van der Waals surface area contributed by atoms with Gasteiger partial charge in [-0.05, 0) is 42.0 Å². The predicted octanol–water partition coefficient (Wildman–Crippen LogP) is 4.86. The summed E-state index contributed by atoms with van der Waals surface area (Å²) in [6.45, 7) is 0. The van der Waals surface area contributed by atoms with E-state index in [1.807, 2.05) is 0 Å². The Labute approximate surface area is 152 Å². The maximum atomic E-state index is 13.0. The minimum absolute atomic E-state index is 0.288. The first-order valence-electron chi connectivity index (χ1n) is 6.93. The first-order chi connectivity index (χ1) is 11.5. The van der Waals surface area contributed by atoms with E-state index in [4.69, 9.17) is 35.4 Å². The van der Waals surface area contributed by atoms with E-state index < -0.39 is 0 Å². The molecule has 24 heavy (non-hydrogen) atoms. The molecule has 4 nitrogen and oxygen atoms in total. The molecule has 0 fully saturated rings. The van der Waals surface area contributed by atoms with Crippen LogP contribution in [0, 0.1) is 10.6 Å². The summed E-state index contributed by atoms with van der Waals surface area (Å²) in [5, 5.41) is 12.2. The topological polar surface area (TPSA) is 46.0 Å². The van der Waals surface area contributed by atoms with Crippen molar-refractivity contribution in [3.63, 3.8) is 0 Å². The van der Waals surface area contributed by atoms with Gasteiger partial charge in [-0.1, -0.05) is 41.4 Å². The van der Waals surface area contributed by atoms with Crippen LogP contribution >= 0.6 is 35.4 Å². The Hall–Kier alpha value is -2.02. The Balaban J connectivity index is 1.92. The Morgan fingerprint density at radius 2 is 1.83 bits per heavy atom. The molecule has 8 heteroatoms. The highest BCUT2D eigenvalue weighted by Gasteiger charge is 2.08. The molecule has 0 saturated heterocycles. The van der Waals surface area contributed by atoms with Gasteiger partial charge < -0.3 is 0 Å². The summed E-state index contributed by atoms with van der Waals surface area (Å²) in [5.41, 5.74) is 1.48. The highest BCUT2D eigenvalue weighted by atomic mass is 35.5. The average molecular weight is 381 g/mol. The normalized spacial score (nSPS) is 11.3. The van der Waals surface area contributed by atoms with Gasteiger partial charge in [0.05, 0.1) is 16.3 Å². The second kappa shape index (κ2) is 7.25. The van der Waals surface area contributed by atoms with Gasteiger partial charge in [0.2, 0.25) is 4.77 Å². The molecule has 0 aliphatic carbocycles. The van der Waals surface area contributed by atoms with Crippen LogP contribution < -0.4 is 0 Å². The standard InChI is InChI=1S/C16H11Cl2FN4S/c17-13-2-1-3-14(18)12(13)9-20-23-15(21-22-16(23)24)8-10-4-6-11(19)7-5-10/h1-7,9H,8H2,(H,22,24)/b20-9-. The molecule has 122 valence electrons. The lowest BCUT2D eigenvalue weighted by Gasteiger charge is -2.03. The fraction of sp³-hybridized carbons (Fsp3) is 0.0625. The number of aromatic amines is 1. The van der Waals surface area contributed by atoms with E-state index >= 15 is 0 Å². The fourth-order valence-corrected chi connectivity index (χ4v) is 2.79. The van der Waals surface area contributed by atoms with Crippen molar-refractivity contribution in [1.82, 2.24) is 14.9 Å². The van der Waals surface area contributed by atoms with Crippen molar-refractivity contribution < 1.29 is 4.39 Å². The van der Waals surface area contributed by atoms with E-state index in [-0.39, 0.29) is 5.82 Å². The van der Waals surface area contributed by atoms with Crippen LogP contribution in [0.4, 0.5) is 4.39 Å². The van der Waals surface area contributed by atoms with Gasteiger partial charge in [0.15, 0.2) is 5.82 Å². The van der Waals surface area contributed by atoms with E-state index in [9.17, 15) is 4.39 Å². The zero-order valence-corrected chi connectivity index (χ0v) is 14.5. The van der Waals surface area contributed by atoms with Gasteiger partial charge in [0, 0.05) is 12.0 Å². The van der Waals surface area contributed by atoms with Crippen LogP contribution in [0.25, 0.3) is 0 Å². The molecule has 0 aliphatic heterocycles. The minimum Gasteiger partial charge on any atom is -0.250 e. The van der Waals surface area contributed by atoms with Crippen molar-refractivity contribution in [3.8, 4) is 0 Å². The number of hydrogen-bond acceptors (Lipinski definition) is 3. The number of halogens is 3. The van der Waals surface area contributed by atoms with Crippen LogP contribution in [0.1, 0.15) is 17.0 Å². The third-order valence-electron chi connectivity index (χ3n) is 3.29.